The number of rotatable bonds is 7. The molecule has 17 heavy (non-hydrogen) atoms. The first kappa shape index (κ1) is 14.3. The second kappa shape index (κ2) is 7.50. The van der Waals surface area contributed by atoms with Crippen molar-refractivity contribution in [1.82, 2.24) is 5.32 Å². The maximum atomic E-state index is 10.4. The van der Waals surface area contributed by atoms with E-state index in [1.807, 2.05) is 6.07 Å². The molecule has 0 aromatic heterocycles. The Balaban J connectivity index is 2.18. The van der Waals surface area contributed by atoms with Crippen molar-refractivity contribution in [1.29, 1.82) is 0 Å². The van der Waals surface area contributed by atoms with Gasteiger partial charge in [-0.2, -0.15) is 0 Å². The Hall–Kier alpha value is -0.810. The summed E-state index contributed by atoms with van der Waals surface area (Å²) < 4.78 is 5.38. The van der Waals surface area contributed by atoms with Crippen LogP contribution < -0.4 is 11.1 Å². The molecule has 0 spiro atoms. The van der Waals surface area contributed by atoms with E-state index >= 15 is 0 Å². The number of carbonyl (C=O) groups excluding carboxylic acids is 1. The van der Waals surface area contributed by atoms with Gasteiger partial charge in [0.15, 0.2) is 0 Å². The summed E-state index contributed by atoms with van der Waals surface area (Å²) in [6, 6.07) is 5.35. The molecule has 0 fully saturated rings. The molecule has 6 heteroatoms. The molecule has 1 aromatic carbocycles. The highest BCUT2D eigenvalue weighted by Crippen LogP contribution is 2.22. The summed E-state index contributed by atoms with van der Waals surface area (Å²) in [5.41, 5.74) is 5.91. The van der Waals surface area contributed by atoms with E-state index in [2.05, 4.69) is 5.32 Å². The summed E-state index contributed by atoms with van der Waals surface area (Å²) in [5, 5.41) is 3.88. The monoisotopic (exact) mass is 276 g/mol. The van der Waals surface area contributed by atoms with Crippen molar-refractivity contribution in [2.24, 2.45) is 5.73 Å². The lowest BCUT2D eigenvalue weighted by Gasteiger charge is -2.06. The number of nitrogens with two attached hydrogens (primary N) is 1. The number of carbonyl (C=O) groups is 1. The van der Waals surface area contributed by atoms with Gasteiger partial charge in [0.2, 0.25) is 5.91 Å². The van der Waals surface area contributed by atoms with E-state index in [0.717, 1.165) is 5.56 Å². The Morgan fingerprint density at radius 1 is 1.35 bits per heavy atom. The molecule has 1 rings (SSSR count). The Kier molecular flexibility index (Phi) is 6.29. The summed E-state index contributed by atoms with van der Waals surface area (Å²) in [6.45, 7) is 1.68. The van der Waals surface area contributed by atoms with Crippen molar-refractivity contribution in [3.05, 3.63) is 33.8 Å². The first-order valence-electron chi connectivity index (χ1n) is 5.10. The highest BCUT2D eigenvalue weighted by Gasteiger charge is 1.99. The molecule has 4 nitrogen and oxygen atoms in total. The lowest BCUT2D eigenvalue weighted by molar-refractivity contribution is -0.117. The van der Waals surface area contributed by atoms with Crippen LogP contribution in [-0.4, -0.2) is 25.6 Å². The lowest BCUT2D eigenvalue weighted by atomic mass is 10.2. The number of halogens is 2. The fourth-order valence-electron chi connectivity index (χ4n) is 1.18. The minimum Gasteiger partial charge on any atom is -0.375 e. The molecule has 1 aromatic rings. The predicted octanol–water partition coefficient (Wildman–Crippen LogP) is 1.58. The number of hydrogen-bond donors (Lipinski definition) is 2. The quantitative estimate of drug-likeness (QED) is 0.744. The van der Waals surface area contributed by atoms with Gasteiger partial charge in [0.25, 0.3) is 0 Å². The number of benzene rings is 1. The van der Waals surface area contributed by atoms with Crippen LogP contribution in [0.2, 0.25) is 10.0 Å². The van der Waals surface area contributed by atoms with Crippen LogP contribution in [0.25, 0.3) is 0 Å². The highest BCUT2D eigenvalue weighted by molar-refractivity contribution is 6.42. The van der Waals surface area contributed by atoms with Gasteiger partial charge in [-0.1, -0.05) is 29.3 Å². The molecular weight excluding hydrogens is 263 g/mol. The Morgan fingerprint density at radius 3 is 2.76 bits per heavy atom. The van der Waals surface area contributed by atoms with E-state index < -0.39 is 0 Å². The van der Waals surface area contributed by atoms with E-state index in [-0.39, 0.29) is 12.5 Å². The van der Waals surface area contributed by atoms with Gasteiger partial charge in [-0.05, 0) is 17.7 Å². The maximum Gasteiger partial charge on any atom is 0.231 e. The van der Waals surface area contributed by atoms with Gasteiger partial charge in [-0.25, -0.2) is 0 Å². The molecule has 0 aliphatic carbocycles. The average molecular weight is 277 g/mol. The van der Waals surface area contributed by atoms with Crippen molar-refractivity contribution in [2.45, 2.75) is 6.61 Å². The van der Waals surface area contributed by atoms with E-state index in [9.17, 15) is 4.79 Å². The second-order valence-electron chi connectivity index (χ2n) is 3.44. The molecule has 0 unspecified atom stereocenters. The van der Waals surface area contributed by atoms with Crippen molar-refractivity contribution in [2.75, 3.05) is 19.7 Å². The Morgan fingerprint density at radius 2 is 2.12 bits per heavy atom. The van der Waals surface area contributed by atoms with E-state index in [0.29, 0.717) is 29.8 Å². The van der Waals surface area contributed by atoms with Crippen LogP contribution in [-0.2, 0) is 16.1 Å². The standard InChI is InChI=1S/C11H14Cl2N2O2/c12-9-2-1-8(5-10(9)13)7-17-4-3-15-6-11(14)16/h1-2,5,15H,3-4,6-7H2,(H2,14,16). The zero-order valence-corrected chi connectivity index (χ0v) is 10.7. The van der Waals surface area contributed by atoms with Gasteiger partial charge in [0.1, 0.15) is 0 Å². The van der Waals surface area contributed by atoms with Crippen molar-refractivity contribution >= 4 is 29.1 Å². The molecule has 0 atom stereocenters. The third kappa shape index (κ3) is 5.89. The predicted molar refractivity (Wildman–Crippen MR) is 68.2 cm³/mol. The maximum absolute atomic E-state index is 10.4. The van der Waals surface area contributed by atoms with E-state index in [1.165, 1.54) is 0 Å². The molecule has 0 saturated heterocycles. The van der Waals surface area contributed by atoms with Crippen LogP contribution in [0.3, 0.4) is 0 Å². The summed E-state index contributed by atoms with van der Waals surface area (Å²) in [6.07, 6.45) is 0. The molecule has 0 bridgehead atoms. The third-order valence-electron chi connectivity index (χ3n) is 1.98. The minimum absolute atomic E-state index is 0.163. The smallest absolute Gasteiger partial charge is 0.231 e. The summed E-state index contributed by atoms with van der Waals surface area (Å²) in [4.78, 5) is 10.4. The van der Waals surface area contributed by atoms with Crippen LogP contribution in [0, 0.1) is 0 Å². The molecule has 0 aliphatic heterocycles. The van der Waals surface area contributed by atoms with Gasteiger partial charge in [0, 0.05) is 6.54 Å². The highest BCUT2D eigenvalue weighted by atomic mass is 35.5. The second-order valence-corrected chi connectivity index (χ2v) is 4.26. The Labute approximate surface area is 110 Å². The van der Waals surface area contributed by atoms with Crippen LogP contribution in [0.1, 0.15) is 5.56 Å². The van der Waals surface area contributed by atoms with Crippen LogP contribution >= 0.6 is 23.2 Å². The SMILES string of the molecule is NC(=O)CNCCOCc1ccc(Cl)c(Cl)c1. The topological polar surface area (TPSA) is 64.4 Å². The average Bonchev–Trinajstić information content (AvgIpc) is 2.27. The fourth-order valence-corrected chi connectivity index (χ4v) is 1.50. The van der Waals surface area contributed by atoms with E-state index in [1.54, 1.807) is 12.1 Å². The van der Waals surface area contributed by atoms with E-state index in [4.69, 9.17) is 33.7 Å². The number of ether oxygens (including phenoxy) is 1. The molecule has 94 valence electrons. The number of hydrogen-bond acceptors (Lipinski definition) is 3. The molecule has 1 amide bonds. The van der Waals surface area contributed by atoms with Crippen LogP contribution in [0.4, 0.5) is 0 Å². The van der Waals surface area contributed by atoms with Gasteiger partial charge in [-0.15, -0.1) is 0 Å². The summed E-state index contributed by atoms with van der Waals surface area (Å²) in [5.74, 6) is -0.380. The van der Waals surface area contributed by atoms with Crippen LogP contribution in [0.15, 0.2) is 18.2 Å². The molecular formula is C11H14Cl2N2O2. The Bertz CT molecular complexity index is 386. The summed E-state index contributed by atoms with van der Waals surface area (Å²) in [7, 11) is 0. The molecule has 0 aliphatic rings. The third-order valence-corrected chi connectivity index (χ3v) is 2.71. The largest absolute Gasteiger partial charge is 0.375 e. The van der Waals surface area contributed by atoms with Gasteiger partial charge in [0.05, 0.1) is 29.8 Å². The lowest BCUT2D eigenvalue weighted by Crippen LogP contribution is -2.30. The number of amides is 1. The van der Waals surface area contributed by atoms with Crippen molar-refractivity contribution in [3.8, 4) is 0 Å². The molecule has 0 radical (unpaired) electrons. The van der Waals surface area contributed by atoms with Gasteiger partial charge in [-0.3, -0.25) is 4.79 Å². The van der Waals surface area contributed by atoms with Crippen LogP contribution in [0.5, 0.6) is 0 Å². The molecule has 0 saturated carbocycles. The van der Waals surface area contributed by atoms with Crippen molar-refractivity contribution in [3.63, 3.8) is 0 Å². The van der Waals surface area contributed by atoms with Gasteiger partial charge < -0.3 is 15.8 Å². The first-order chi connectivity index (χ1) is 8.09. The first-order valence-corrected chi connectivity index (χ1v) is 5.86. The number of nitrogens with one attached hydrogen (secondary N) is 1. The zero-order valence-electron chi connectivity index (χ0n) is 9.21. The number of primary amides is 1. The van der Waals surface area contributed by atoms with Gasteiger partial charge >= 0.3 is 0 Å². The normalized spacial score (nSPS) is 10.5. The fraction of sp³-hybridized carbons (Fsp3) is 0.364. The zero-order chi connectivity index (χ0) is 12.7. The summed E-state index contributed by atoms with van der Waals surface area (Å²) >= 11 is 11.6. The van der Waals surface area contributed by atoms with Crippen molar-refractivity contribution < 1.29 is 9.53 Å². The minimum atomic E-state index is -0.380. The molecule has 3 N–H and O–H groups in total. The molecule has 0 heterocycles.